The van der Waals surface area contributed by atoms with Gasteiger partial charge in [-0.2, -0.15) is 0 Å². The van der Waals surface area contributed by atoms with E-state index in [2.05, 4.69) is 9.88 Å². The van der Waals surface area contributed by atoms with E-state index in [9.17, 15) is 5.11 Å². The van der Waals surface area contributed by atoms with Crippen molar-refractivity contribution in [3.63, 3.8) is 0 Å². The van der Waals surface area contributed by atoms with Gasteiger partial charge in [-0.05, 0) is 43.8 Å². The van der Waals surface area contributed by atoms with Gasteiger partial charge in [0.15, 0.2) is 0 Å². The Hall–Kier alpha value is -1.91. The molecule has 1 heterocycles. The summed E-state index contributed by atoms with van der Waals surface area (Å²) in [4.78, 5) is 6.40. The monoisotopic (exact) mass is 300 g/mol. The highest BCUT2D eigenvalue weighted by atomic mass is 16.5. The van der Waals surface area contributed by atoms with Gasteiger partial charge in [-0.3, -0.25) is 4.98 Å². The average molecular weight is 300 g/mol. The van der Waals surface area contributed by atoms with Gasteiger partial charge in [0.25, 0.3) is 0 Å². The van der Waals surface area contributed by atoms with Crippen LogP contribution in [0.15, 0.2) is 48.7 Å². The van der Waals surface area contributed by atoms with Crippen molar-refractivity contribution in [2.45, 2.75) is 19.4 Å². The van der Waals surface area contributed by atoms with E-state index in [-0.39, 0.29) is 0 Å². The van der Waals surface area contributed by atoms with E-state index in [1.807, 2.05) is 56.4 Å². The van der Waals surface area contributed by atoms with E-state index >= 15 is 0 Å². The van der Waals surface area contributed by atoms with E-state index in [1.165, 1.54) is 0 Å². The van der Waals surface area contributed by atoms with Crippen LogP contribution in [0.3, 0.4) is 0 Å². The van der Waals surface area contributed by atoms with Gasteiger partial charge in [0.2, 0.25) is 0 Å². The Bertz CT molecular complexity index is 560. The molecule has 0 amide bonds. The highest BCUT2D eigenvalue weighted by molar-refractivity contribution is 5.27. The molecule has 1 unspecified atom stereocenters. The van der Waals surface area contributed by atoms with Gasteiger partial charge >= 0.3 is 0 Å². The Kier molecular flexibility index (Phi) is 6.37. The molecule has 4 heteroatoms. The Morgan fingerprint density at radius 3 is 2.82 bits per heavy atom. The molecule has 0 bridgehead atoms. The van der Waals surface area contributed by atoms with Crippen LogP contribution in [0.25, 0.3) is 0 Å². The van der Waals surface area contributed by atoms with Gasteiger partial charge in [-0.1, -0.05) is 18.2 Å². The Labute approximate surface area is 132 Å². The first-order valence-electron chi connectivity index (χ1n) is 7.59. The van der Waals surface area contributed by atoms with Crippen LogP contribution in [0.2, 0.25) is 0 Å². The second kappa shape index (κ2) is 8.51. The highest BCUT2D eigenvalue weighted by Crippen LogP contribution is 2.12. The summed E-state index contributed by atoms with van der Waals surface area (Å²) in [5.41, 5.74) is 2.22. The first-order chi connectivity index (χ1) is 10.6. The lowest BCUT2D eigenvalue weighted by Gasteiger charge is -2.20. The maximum Gasteiger partial charge on any atom is 0.119 e. The number of aromatic nitrogens is 1. The molecule has 118 valence electrons. The zero-order chi connectivity index (χ0) is 15.8. The number of hydrogen-bond donors (Lipinski definition) is 1. The fourth-order valence-corrected chi connectivity index (χ4v) is 2.25. The lowest BCUT2D eigenvalue weighted by atomic mass is 10.2. The van der Waals surface area contributed by atoms with Crippen LogP contribution < -0.4 is 4.74 Å². The van der Waals surface area contributed by atoms with Crippen LogP contribution in [-0.2, 0) is 6.42 Å². The van der Waals surface area contributed by atoms with Crippen molar-refractivity contribution < 1.29 is 9.84 Å². The van der Waals surface area contributed by atoms with E-state index in [0.717, 1.165) is 30.0 Å². The summed E-state index contributed by atoms with van der Waals surface area (Å²) in [5.74, 6) is 0.801. The number of pyridine rings is 1. The van der Waals surface area contributed by atoms with Crippen molar-refractivity contribution in [3.05, 3.63) is 59.9 Å². The SMILES string of the molecule is Cc1cccc(OCC(O)CN(C)CCc2ccccn2)c1. The lowest BCUT2D eigenvalue weighted by Crippen LogP contribution is -2.34. The minimum atomic E-state index is -0.505. The number of aliphatic hydroxyl groups is 1. The quantitative estimate of drug-likeness (QED) is 0.812. The number of ether oxygens (including phenoxy) is 1. The van der Waals surface area contributed by atoms with Gasteiger partial charge in [0.05, 0.1) is 0 Å². The van der Waals surface area contributed by atoms with Gasteiger partial charge in [0, 0.05) is 31.4 Å². The lowest BCUT2D eigenvalue weighted by molar-refractivity contribution is 0.0766. The highest BCUT2D eigenvalue weighted by Gasteiger charge is 2.09. The second-order valence-corrected chi connectivity index (χ2v) is 5.61. The minimum Gasteiger partial charge on any atom is -0.491 e. The summed E-state index contributed by atoms with van der Waals surface area (Å²) in [7, 11) is 2.00. The summed E-state index contributed by atoms with van der Waals surface area (Å²) in [6.07, 6.45) is 2.18. The summed E-state index contributed by atoms with van der Waals surface area (Å²) in [6, 6.07) is 13.8. The van der Waals surface area contributed by atoms with Crippen LogP contribution >= 0.6 is 0 Å². The molecule has 4 nitrogen and oxygen atoms in total. The zero-order valence-corrected chi connectivity index (χ0v) is 13.3. The van der Waals surface area contributed by atoms with Crippen LogP contribution in [0.5, 0.6) is 5.75 Å². The zero-order valence-electron chi connectivity index (χ0n) is 13.3. The molecule has 0 aliphatic rings. The summed E-state index contributed by atoms with van der Waals surface area (Å²) < 4.78 is 5.62. The van der Waals surface area contributed by atoms with Gasteiger partial charge in [-0.15, -0.1) is 0 Å². The van der Waals surface area contributed by atoms with Crippen LogP contribution in [0.1, 0.15) is 11.3 Å². The van der Waals surface area contributed by atoms with Crippen molar-refractivity contribution >= 4 is 0 Å². The molecule has 0 saturated heterocycles. The third kappa shape index (κ3) is 5.84. The van der Waals surface area contributed by atoms with Gasteiger partial charge in [-0.25, -0.2) is 0 Å². The van der Waals surface area contributed by atoms with Crippen LogP contribution in [-0.4, -0.2) is 47.8 Å². The molecule has 1 atom stereocenters. The summed E-state index contributed by atoms with van der Waals surface area (Å²) >= 11 is 0. The number of hydrogen-bond acceptors (Lipinski definition) is 4. The van der Waals surface area contributed by atoms with E-state index < -0.39 is 6.10 Å². The molecule has 0 aliphatic heterocycles. The van der Waals surface area contributed by atoms with Crippen LogP contribution in [0, 0.1) is 6.92 Å². The number of aryl methyl sites for hydroxylation is 1. The minimum absolute atomic E-state index is 0.303. The molecule has 22 heavy (non-hydrogen) atoms. The molecule has 0 saturated carbocycles. The third-order valence-electron chi connectivity index (χ3n) is 3.43. The van der Waals surface area contributed by atoms with Gasteiger partial charge in [0.1, 0.15) is 18.5 Å². The van der Waals surface area contributed by atoms with Crippen molar-refractivity contribution in [1.82, 2.24) is 9.88 Å². The molecule has 0 spiro atoms. The first kappa shape index (κ1) is 16.5. The van der Waals surface area contributed by atoms with Crippen molar-refractivity contribution in [2.24, 2.45) is 0 Å². The molecule has 2 rings (SSSR count). The largest absolute Gasteiger partial charge is 0.491 e. The average Bonchev–Trinajstić information content (AvgIpc) is 2.52. The molecule has 1 aromatic carbocycles. The van der Waals surface area contributed by atoms with E-state index in [4.69, 9.17) is 4.74 Å². The maximum atomic E-state index is 10.1. The molecule has 2 aromatic rings. The van der Waals surface area contributed by atoms with Crippen LogP contribution in [0.4, 0.5) is 0 Å². The topological polar surface area (TPSA) is 45.6 Å². The van der Waals surface area contributed by atoms with Crippen molar-refractivity contribution in [2.75, 3.05) is 26.7 Å². The second-order valence-electron chi connectivity index (χ2n) is 5.61. The fourth-order valence-electron chi connectivity index (χ4n) is 2.25. The Morgan fingerprint density at radius 1 is 1.23 bits per heavy atom. The normalized spacial score (nSPS) is 12.4. The summed E-state index contributed by atoms with van der Waals surface area (Å²) in [5, 5.41) is 10.1. The van der Waals surface area contributed by atoms with Crippen molar-refractivity contribution in [3.8, 4) is 5.75 Å². The predicted octanol–water partition coefficient (Wildman–Crippen LogP) is 2.30. The Morgan fingerprint density at radius 2 is 2.09 bits per heavy atom. The number of likely N-dealkylation sites (N-methyl/N-ethyl adjacent to an activating group) is 1. The summed E-state index contributed by atoms with van der Waals surface area (Å²) in [6.45, 7) is 3.77. The molecule has 0 aliphatic carbocycles. The predicted molar refractivity (Wildman–Crippen MR) is 88.1 cm³/mol. The molecular formula is C18H24N2O2. The van der Waals surface area contributed by atoms with E-state index in [1.54, 1.807) is 6.20 Å². The molecule has 1 aromatic heterocycles. The third-order valence-corrected chi connectivity index (χ3v) is 3.43. The maximum absolute atomic E-state index is 10.1. The first-order valence-corrected chi connectivity index (χ1v) is 7.59. The molecule has 1 N–H and O–H groups in total. The fraction of sp³-hybridized carbons (Fsp3) is 0.389. The van der Waals surface area contributed by atoms with E-state index in [0.29, 0.717) is 13.2 Å². The number of nitrogens with zero attached hydrogens (tertiary/aromatic N) is 2. The number of benzene rings is 1. The standard InChI is InChI=1S/C18H24N2O2/c1-15-6-5-8-18(12-15)22-14-17(21)13-20(2)11-9-16-7-3-4-10-19-16/h3-8,10,12,17,21H,9,11,13-14H2,1-2H3. The Balaban J connectivity index is 1.68. The van der Waals surface area contributed by atoms with Crippen molar-refractivity contribution in [1.29, 1.82) is 0 Å². The van der Waals surface area contributed by atoms with Gasteiger partial charge < -0.3 is 14.7 Å². The molecule has 0 fully saturated rings. The number of aliphatic hydroxyl groups excluding tert-OH is 1. The molecular weight excluding hydrogens is 276 g/mol. The smallest absolute Gasteiger partial charge is 0.119 e. The molecule has 0 radical (unpaired) electrons. The number of rotatable bonds is 8.